The van der Waals surface area contributed by atoms with Crippen molar-refractivity contribution in [3.05, 3.63) is 122 Å². The maximum Gasteiger partial charge on any atom is 0.306 e. The molecule has 0 aliphatic rings. The van der Waals surface area contributed by atoms with Gasteiger partial charge in [0.15, 0.2) is 6.10 Å². The van der Waals surface area contributed by atoms with Gasteiger partial charge in [-0.25, -0.2) is 0 Å². The number of likely N-dealkylation sites (N-methyl/N-ethyl adjacent to an activating group) is 1. The highest BCUT2D eigenvalue weighted by molar-refractivity contribution is 7.45. The van der Waals surface area contributed by atoms with Crippen LogP contribution < -0.4 is 4.89 Å². The first-order valence-corrected chi connectivity index (χ1v) is 42.7. The van der Waals surface area contributed by atoms with E-state index in [1.165, 1.54) is 231 Å². The van der Waals surface area contributed by atoms with Crippen LogP contribution in [-0.2, 0) is 32.7 Å². The van der Waals surface area contributed by atoms with E-state index < -0.39 is 26.5 Å². The molecule has 0 aromatic rings. The highest BCUT2D eigenvalue weighted by atomic mass is 31.2. The van der Waals surface area contributed by atoms with Gasteiger partial charge in [0.2, 0.25) is 0 Å². The van der Waals surface area contributed by atoms with Gasteiger partial charge in [-0.05, 0) is 89.9 Å². The van der Waals surface area contributed by atoms with Gasteiger partial charge in [0, 0.05) is 12.8 Å². The molecule has 0 aliphatic carbocycles. The van der Waals surface area contributed by atoms with Gasteiger partial charge in [-0.2, -0.15) is 0 Å². The monoisotopic (exact) mass is 1390 g/mol. The molecule has 0 N–H and O–H groups in total. The van der Waals surface area contributed by atoms with Gasteiger partial charge in [-0.1, -0.05) is 392 Å². The van der Waals surface area contributed by atoms with Crippen molar-refractivity contribution in [2.75, 3.05) is 47.5 Å². The first-order chi connectivity index (χ1) is 48.0. The Balaban J connectivity index is 4.00. The quantitative estimate of drug-likeness (QED) is 0.0195. The molecule has 0 aromatic carbocycles. The van der Waals surface area contributed by atoms with Gasteiger partial charge in [0.1, 0.15) is 19.8 Å². The van der Waals surface area contributed by atoms with Gasteiger partial charge >= 0.3 is 11.9 Å². The third-order valence-corrected chi connectivity index (χ3v) is 19.0. The molecule has 0 fully saturated rings. The fraction of sp³-hybridized carbons (Fsp3) is 0.750. The van der Waals surface area contributed by atoms with E-state index in [2.05, 4.69) is 135 Å². The Bertz CT molecular complexity index is 2070. The van der Waals surface area contributed by atoms with Crippen molar-refractivity contribution in [2.24, 2.45) is 0 Å². The highest BCUT2D eigenvalue weighted by Gasteiger charge is 2.22. The first-order valence-electron chi connectivity index (χ1n) is 41.2. The molecule has 2 unspecified atom stereocenters. The van der Waals surface area contributed by atoms with Crippen LogP contribution in [0.15, 0.2) is 122 Å². The van der Waals surface area contributed by atoms with Crippen LogP contribution in [-0.4, -0.2) is 70.0 Å². The molecule has 0 saturated heterocycles. The lowest BCUT2D eigenvalue weighted by Gasteiger charge is -2.28. The Morgan fingerprint density at radius 3 is 0.867 bits per heavy atom. The average Bonchev–Trinajstić information content (AvgIpc) is 1.08. The molecule has 9 nitrogen and oxygen atoms in total. The number of ether oxygens (including phenoxy) is 2. The largest absolute Gasteiger partial charge is 0.756 e. The van der Waals surface area contributed by atoms with E-state index in [9.17, 15) is 19.0 Å². The summed E-state index contributed by atoms with van der Waals surface area (Å²) in [5.74, 6) is -0.856. The summed E-state index contributed by atoms with van der Waals surface area (Å²) in [7, 11) is 1.15. The number of phosphoric ester groups is 1. The zero-order valence-corrected chi connectivity index (χ0v) is 65.6. The van der Waals surface area contributed by atoms with Gasteiger partial charge in [0.05, 0.1) is 27.7 Å². The van der Waals surface area contributed by atoms with E-state index in [0.717, 1.165) is 109 Å². The topological polar surface area (TPSA) is 111 Å². The van der Waals surface area contributed by atoms with E-state index in [4.69, 9.17) is 18.5 Å². The van der Waals surface area contributed by atoms with Crippen LogP contribution in [0, 0.1) is 0 Å². The van der Waals surface area contributed by atoms with Crippen molar-refractivity contribution < 1.29 is 42.1 Å². The minimum atomic E-state index is -4.66. The molecule has 0 spiro atoms. The van der Waals surface area contributed by atoms with Crippen LogP contribution in [0.25, 0.3) is 0 Å². The summed E-state index contributed by atoms with van der Waals surface area (Å²) in [6, 6.07) is 0. The predicted octanol–water partition coefficient (Wildman–Crippen LogP) is 27.1. The molecule has 566 valence electrons. The van der Waals surface area contributed by atoms with Crippen molar-refractivity contribution in [1.29, 1.82) is 0 Å². The number of nitrogens with zero attached hydrogens (tertiary/aromatic N) is 1. The van der Waals surface area contributed by atoms with Crippen molar-refractivity contribution in [2.45, 2.75) is 380 Å². The fourth-order valence-electron chi connectivity index (χ4n) is 11.7. The Morgan fingerprint density at radius 2 is 0.582 bits per heavy atom. The third-order valence-electron chi connectivity index (χ3n) is 18.0. The van der Waals surface area contributed by atoms with Gasteiger partial charge in [0.25, 0.3) is 7.82 Å². The molecular formula is C88H156NO8P. The number of hydrogen-bond donors (Lipinski definition) is 0. The second-order valence-corrected chi connectivity index (χ2v) is 30.2. The first kappa shape index (κ1) is 94.4. The van der Waals surface area contributed by atoms with Crippen LogP contribution in [0.5, 0.6) is 0 Å². The minimum absolute atomic E-state index is 0.0407. The SMILES string of the molecule is CC/C=C\C/C=C\C/C=C\C/C=C\C/C=C\C/C=C\C/C=C\C/C=C\C/C=C\C/C=C\CCCCCCC(=O)OC(COC(=O)CCCCCCCCCCCCCCCCCCCCCCCCCCCCCCCCCCCCCCCCC)COP(=O)([O-])OCC[N+](C)(C)C. The fourth-order valence-corrected chi connectivity index (χ4v) is 12.5. The minimum Gasteiger partial charge on any atom is -0.756 e. The summed E-state index contributed by atoms with van der Waals surface area (Å²) in [5, 5.41) is 0. The normalized spacial score (nSPS) is 13.7. The molecule has 0 aromatic heterocycles. The van der Waals surface area contributed by atoms with Crippen molar-refractivity contribution in [1.82, 2.24) is 0 Å². The summed E-state index contributed by atoms with van der Waals surface area (Å²) < 4.78 is 34.4. The zero-order chi connectivity index (χ0) is 71.1. The van der Waals surface area contributed by atoms with Crippen LogP contribution in [0.4, 0.5) is 0 Å². The van der Waals surface area contributed by atoms with Crippen LogP contribution in [0.3, 0.4) is 0 Å². The average molecular weight is 1390 g/mol. The van der Waals surface area contributed by atoms with E-state index in [-0.39, 0.29) is 32.0 Å². The summed E-state index contributed by atoms with van der Waals surface area (Å²) in [4.78, 5) is 38.2. The van der Waals surface area contributed by atoms with Gasteiger partial charge in [-0.15, -0.1) is 0 Å². The van der Waals surface area contributed by atoms with Crippen molar-refractivity contribution in [3.63, 3.8) is 0 Å². The molecule has 0 amide bonds. The Labute approximate surface area is 607 Å². The summed E-state index contributed by atoms with van der Waals surface area (Å²) in [6.07, 6.45) is 112. The molecule has 0 heterocycles. The van der Waals surface area contributed by atoms with E-state index in [1.54, 1.807) is 0 Å². The summed E-state index contributed by atoms with van der Waals surface area (Å²) in [5.41, 5.74) is 0. The Morgan fingerprint density at radius 1 is 0.327 bits per heavy atom. The van der Waals surface area contributed by atoms with Crippen LogP contribution in [0.2, 0.25) is 0 Å². The number of allylic oxidation sites excluding steroid dienone is 20. The highest BCUT2D eigenvalue weighted by Crippen LogP contribution is 2.38. The second kappa shape index (κ2) is 77.6. The lowest BCUT2D eigenvalue weighted by Crippen LogP contribution is -2.37. The predicted molar refractivity (Wildman–Crippen MR) is 425 cm³/mol. The molecule has 0 rings (SSSR count). The third kappa shape index (κ3) is 81.4. The number of unbranched alkanes of at least 4 members (excludes halogenated alkanes) is 42. The zero-order valence-electron chi connectivity index (χ0n) is 64.7. The molecular weight excluding hydrogens is 1230 g/mol. The smallest absolute Gasteiger partial charge is 0.306 e. The number of carbonyl (C=O) groups is 2. The molecule has 98 heavy (non-hydrogen) atoms. The molecule has 0 bridgehead atoms. The number of esters is 2. The Hall–Kier alpha value is -3.59. The van der Waals surface area contributed by atoms with E-state index >= 15 is 0 Å². The maximum atomic E-state index is 12.9. The number of carbonyl (C=O) groups excluding carboxylic acids is 2. The maximum absolute atomic E-state index is 12.9. The van der Waals surface area contributed by atoms with E-state index in [1.807, 2.05) is 21.1 Å². The Kier molecular flexibility index (Phi) is 74.7. The van der Waals surface area contributed by atoms with Gasteiger partial charge in [-0.3, -0.25) is 14.2 Å². The van der Waals surface area contributed by atoms with Crippen LogP contribution in [0.1, 0.15) is 373 Å². The number of phosphoric acid groups is 1. The lowest BCUT2D eigenvalue weighted by atomic mass is 10.0. The summed E-state index contributed by atoms with van der Waals surface area (Å²) in [6.45, 7) is 4.13. The standard InChI is InChI=1S/C88H156NO8P/c1-6-8-10-12-14-16-18-20-22-24-26-28-30-32-34-36-38-40-42-43-44-45-47-48-50-52-54-56-58-60-62-64-66-68-70-72-74-76-78-80-87(90)94-84-86(85-96-98(92,93)95-83-82-89(3,4)5)97-88(91)81-79-77-75-73-71-69-67-65-63-61-59-57-55-53-51-49-46-41-39-37-35-33-31-29-27-25-23-21-19-17-15-13-11-9-7-2/h9,11,15,17,21,23,27,29,33,35,39,41,49,51,55,57,61,63,67,69,86H,6-8,10,12-14,16,18-20,22,24-26,28,30-32,34,36-38,40,42-48,50,52-54,56,58-60,62,64-66,68,70-85H2,1-5H3/b11-9-,17-15-,23-21-,29-27-,35-33-,41-39-,51-49-,57-55-,63-61-,69-67-. The molecule has 0 radical (unpaired) electrons. The number of quaternary nitrogens is 1. The lowest BCUT2D eigenvalue weighted by molar-refractivity contribution is -0.870. The molecule has 2 atom stereocenters. The van der Waals surface area contributed by atoms with Crippen LogP contribution >= 0.6 is 7.82 Å². The number of hydrogen-bond acceptors (Lipinski definition) is 8. The molecule has 10 heteroatoms. The second-order valence-electron chi connectivity index (χ2n) is 28.8. The summed E-state index contributed by atoms with van der Waals surface area (Å²) >= 11 is 0. The van der Waals surface area contributed by atoms with Crippen molar-refractivity contribution in [3.8, 4) is 0 Å². The number of rotatable bonds is 76. The molecule has 0 aliphatic heterocycles. The molecule has 0 saturated carbocycles. The van der Waals surface area contributed by atoms with Gasteiger partial charge < -0.3 is 27.9 Å². The van der Waals surface area contributed by atoms with E-state index in [0.29, 0.717) is 17.4 Å². The van der Waals surface area contributed by atoms with Crippen molar-refractivity contribution >= 4 is 19.8 Å².